The summed E-state index contributed by atoms with van der Waals surface area (Å²) in [6, 6.07) is 3.87. The van der Waals surface area contributed by atoms with E-state index in [4.69, 9.17) is 11.6 Å². The predicted molar refractivity (Wildman–Crippen MR) is 57.9 cm³/mol. The zero-order chi connectivity index (χ0) is 11.7. The number of aliphatic hydroxyl groups is 1. The molecule has 1 saturated heterocycles. The number of aliphatic hydroxyl groups excluding tert-OH is 1. The van der Waals surface area contributed by atoms with E-state index < -0.39 is 17.8 Å². The van der Waals surface area contributed by atoms with Crippen LogP contribution < -0.4 is 0 Å². The van der Waals surface area contributed by atoms with E-state index in [9.17, 15) is 14.3 Å². The number of benzene rings is 1. The third kappa shape index (κ3) is 2.18. The number of hydrogen-bond acceptors (Lipinski definition) is 2. The molecule has 16 heavy (non-hydrogen) atoms. The Hall–Kier alpha value is -1.13. The fraction of sp³-hybridized carbons (Fsp3) is 0.364. The Morgan fingerprint density at radius 2 is 2.31 bits per heavy atom. The Morgan fingerprint density at radius 1 is 1.56 bits per heavy atom. The maximum Gasteiger partial charge on any atom is 0.256 e. The third-order valence-electron chi connectivity index (χ3n) is 2.61. The monoisotopic (exact) mass is 243 g/mol. The number of halogens is 2. The molecule has 3 nitrogen and oxygen atoms in total. The average Bonchev–Trinajstić information content (AvgIpc) is 2.67. The van der Waals surface area contributed by atoms with Crippen LogP contribution in [0.4, 0.5) is 4.39 Å². The second-order valence-electron chi connectivity index (χ2n) is 3.82. The summed E-state index contributed by atoms with van der Waals surface area (Å²) in [4.78, 5) is 13.3. The van der Waals surface area contributed by atoms with Crippen LogP contribution in [0.3, 0.4) is 0 Å². The van der Waals surface area contributed by atoms with Crippen molar-refractivity contribution in [2.75, 3.05) is 13.1 Å². The molecule has 0 radical (unpaired) electrons. The van der Waals surface area contributed by atoms with Gasteiger partial charge in [0.05, 0.1) is 11.7 Å². The highest BCUT2D eigenvalue weighted by Crippen LogP contribution is 2.19. The van der Waals surface area contributed by atoms with Crippen molar-refractivity contribution < 1.29 is 14.3 Å². The number of carbonyl (C=O) groups is 1. The molecule has 0 unspecified atom stereocenters. The molecule has 1 aromatic rings. The van der Waals surface area contributed by atoms with Crippen LogP contribution in [0, 0.1) is 5.82 Å². The highest BCUT2D eigenvalue weighted by Gasteiger charge is 2.27. The van der Waals surface area contributed by atoms with E-state index in [-0.39, 0.29) is 12.1 Å². The highest BCUT2D eigenvalue weighted by atomic mass is 35.5. The van der Waals surface area contributed by atoms with E-state index >= 15 is 0 Å². The number of carbonyl (C=O) groups excluding carboxylic acids is 1. The molecule has 1 atom stereocenters. The van der Waals surface area contributed by atoms with Gasteiger partial charge < -0.3 is 10.0 Å². The van der Waals surface area contributed by atoms with Gasteiger partial charge in [-0.05, 0) is 24.6 Å². The molecule has 1 fully saturated rings. The fourth-order valence-electron chi connectivity index (χ4n) is 1.76. The molecule has 1 aliphatic rings. The van der Waals surface area contributed by atoms with Gasteiger partial charge in [0.2, 0.25) is 0 Å². The Labute approximate surface area is 97.4 Å². The first-order valence-electron chi connectivity index (χ1n) is 5.00. The fourth-order valence-corrected chi connectivity index (χ4v) is 1.93. The summed E-state index contributed by atoms with van der Waals surface area (Å²) in [6.45, 7) is 0.705. The lowest BCUT2D eigenvalue weighted by molar-refractivity contribution is 0.0760. The average molecular weight is 244 g/mol. The lowest BCUT2D eigenvalue weighted by Gasteiger charge is -2.15. The summed E-state index contributed by atoms with van der Waals surface area (Å²) in [6.07, 6.45) is 0.0275. The molecule has 1 heterocycles. The molecular weight excluding hydrogens is 233 g/mol. The second-order valence-corrected chi connectivity index (χ2v) is 4.25. The van der Waals surface area contributed by atoms with Gasteiger partial charge in [-0.15, -0.1) is 0 Å². The molecule has 0 bridgehead atoms. The third-order valence-corrected chi connectivity index (χ3v) is 2.84. The number of β-amino-alcohol motifs (C(OH)–C–C–N with tert-alkyl or cyclic N) is 1. The molecule has 2 rings (SSSR count). The Bertz CT molecular complexity index is 424. The number of hydrogen-bond donors (Lipinski definition) is 1. The molecular formula is C11H11ClFNO2. The van der Waals surface area contributed by atoms with Crippen molar-refractivity contribution in [1.29, 1.82) is 0 Å². The molecule has 0 aliphatic carbocycles. The van der Waals surface area contributed by atoms with Gasteiger partial charge in [-0.3, -0.25) is 4.79 Å². The van der Waals surface area contributed by atoms with Crippen molar-refractivity contribution in [2.24, 2.45) is 0 Å². The normalized spacial score (nSPS) is 20.2. The summed E-state index contributed by atoms with van der Waals surface area (Å²) in [5.41, 5.74) is -0.0402. The van der Waals surface area contributed by atoms with Gasteiger partial charge in [-0.25, -0.2) is 4.39 Å². The lowest BCUT2D eigenvalue weighted by Crippen LogP contribution is -2.30. The van der Waals surface area contributed by atoms with Crippen LogP contribution in [0.2, 0.25) is 5.02 Å². The quantitative estimate of drug-likeness (QED) is 0.815. The molecule has 86 valence electrons. The molecule has 0 aromatic heterocycles. The van der Waals surface area contributed by atoms with Crippen LogP contribution in [0.25, 0.3) is 0 Å². The van der Waals surface area contributed by atoms with E-state index in [2.05, 4.69) is 0 Å². The smallest absolute Gasteiger partial charge is 0.256 e. The summed E-state index contributed by atoms with van der Waals surface area (Å²) < 4.78 is 13.4. The van der Waals surface area contributed by atoms with E-state index in [0.717, 1.165) is 0 Å². The van der Waals surface area contributed by atoms with Crippen molar-refractivity contribution in [3.05, 3.63) is 34.6 Å². The summed E-state index contributed by atoms with van der Waals surface area (Å²) in [5.74, 6) is -1.01. The molecule has 5 heteroatoms. The Morgan fingerprint density at radius 3 is 2.94 bits per heavy atom. The number of nitrogens with zero attached hydrogens (tertiary/aromatic N) is 1. The first-order valence-corrected chi connectivity index (χ1v) is 5.38. The maximum atomic E-state index is 13.4. The minimum Gasteiger partial charge on any atom is -0.391 e. The van der Waals surface area contributed by atoms with Crippen molar-refractivity contribution in [3.8, 4) is 0 Å². The Balaban J connectivity index is 2.23. The summed E-state index contributed by atoms with van der Waals surface area (Å²) in [5, 5.41) is 9.63. The molecule has 1 aromatic carbocycles. The van der Waals surface area contributed by atoms with Gasteiger partial charge >= 0.3 is 0 Å². The van der Waals surface area contributed by atoms with Gasteiger partial charge in [-0.2, -0.15) is 0 Å². The number of rotatable bonds is 1. The lowest BCUT2D eigenvalue weighted by atomic mass is 10.2. The van der Waals surface area contributed by atoms with Gasteiger partial charge in [0.25, 0.3) is 5.91 Å². The van der Waals surface area contributed by atoms with Crippen molar-refractivity contribution in [2.45, 2.75) is 12.5 Å². The van der Waals surface area contributed by atoms with Crippen LogP contribution in [0.5, 0.6) is 0 Å². The minimum absolute atomic E-state index is 0.0402. The van der Waals surface area contributed by atoms with Gasteiger partial charge in [0.15, 0.2) is 0 Å². The maximum absolute atomic E-state index is 13.4. The van der Waals surface area contributed by atoms with Crippen molar-refractivity contribution in [1.82, 2.24) is 4.90 Å². The van der Waals surface area contributed by atoms with Crippen LogP contribution in [-0.4, -0.2) is 35.1 Å². The molecule has 1 aliphatic heterocycles. The van der Waals surface area contributed by atoms with E-state index in [0.29, 0.717) is 18.0 Å². The van der Waals surface area contributed by atoms with Gasteiger partial charge in [-0.1, -0.05) is 11.6 Å². The molecule has 1 amide bonds. The zero-order valence-corrected chi connectivity index (χ0v) is 9.25. The van der Waals surface area contributed by atoms with Gasteiger partial charge in [0, 0.05) is 18.1 Å². The summed E-state index contributed by atoms with van der Waals surface area (Å²) >= 11 is 5.71. The summed E-state index contributed by atoms with van der Waals surface area (Å²) in [7, 11) is 0. The highest BCUT2D eigenvalue weighted by molar-refractivity contribution is 6.31. The first kappa shape index (κ1) is 11.4. The topological polar surface area (TPSA) is 40.5 Å². The molecule has 0 saturated carbocycles. The minimum atomic E-state index is -0.587. The second kappa shape index (κ2) is 4.39. The molecule has 0 spiro atoms. The zero-order valence-electron chi connectivity index (χ0n) is 8.49. The van der Waals surface area contributed by atoms with Crippen LogP contribution in [-0.2, 0) is 0 Å². The number of amides is 1. The van der Waals surface area contributed by atoms with Crippen molar-refractivity contribution in [3.63, 3.8) is 0 Å². The number of likely N-dealkylation sites (tertiary alicyclic amines) is 1. The molecule has 1 N–H and O–H groups in total. The largest absolute Gasteiger partial charge is 0.391 e. The predicted octanol–water partition coefficient (Wildman–Crippen LogP) is 1.69. The Kier molecular flexibility index (Phi) is 3.12. The van der Waals surface area contributed by atoms with E-state index in [1.165, 1.54) is 23.1 Å². The van der Waals surface area contributed by atoms with Gasteiger partial charge in [0.1, 0.15) is 5.82 Å². The van der Waals surface area contributed by atoms with Crippen molar-refractivity contribution >= 4 is 17.5 Å². The van der Waals surface area contributed by atoms with Crippen LogP contribution in [0.1, 0.15) is 16.8 Å². The van der Waals surface area contributed by atoms with E-state index in [1.807, 2.05) is 0 Å². The van der Waals surface area contributed by atoms with Crippen LogP contribution >= 0.6 is 11.6 Å². The van der Waals surface area contributed by atoms with E-state index in [1.54, 1.807) is 0 Å². The standard InChI is InChI=1S/C11H11ClFNO2/c12-7-1-2-10(13)9(5-7)11(16)14-4-3-8(15)6-14/h1-2,5,8,15H,3-4,6H2/t8-/m1/s1. The first-order chi connectivity index (χ1) is 7.58. The van der Waals surface area contributed by atoms with Crippen LogP contribution in [0.15, 0.2) is 18.2 Å². The SMILES string of the molecule is O=C(c1cc(Cl)ccc1F)N1CC[C@@H](O)C1.